The van der Waals surface area contributed by atoms with Gasteiger partial charge in [0, 0.05) is 12.1 Å². The first kappa shape index (κ1) is 8.68. The topological polar surface area (TPSA) is 26.0 Å². The lowest BCUT2D eigenvalue weighted by atomic mass is 10.1. The number of aryl methyl sites for hydroxylation is 1. The molecule has 0 amide bonds. The fraction of sp³-hybridized carbons (Fsp3) is 0.250. The molecule has 60 valence electrons. The van der Waals surface area contributed by atoms with Gasteiger partial charge in [0.2, 0.25) is 0 Å². The number of halogens is 2. The predicted octanol–water partition coefficient (Wildman–Crippen LogP) is 2.36. The van der Waals surface area contributed by atoms with E-state index in [1.165, 1.54) is 0 Å². The van der Waals surface area contributed by atoms with Crippen LogP contribution in [-0.4, -0.2) is 0 Å². The van der Waals surface area contributed by atoms with Crippen LogP contribution >= 0.6 is 15.9 Å². The van der Waals surface area contributed by atoms with Crippen molar-refractivity contribution in [1.29, 1.82) is 0 Å². The van der Waals surface area contributed by atoms with Crippen LogP contribution in [0.2, 0.25) is 0 Å². The van der Waals surface area contributed by atoms with Crippen molar-refractivity contribution in [2.45, 2.75) is 13.5 Å². The number of benzene rings is 1. The molecule has 0 aromatic heterocycles. The summed E-state index contributed by atoms with van der Waals surface area (Å²) in [6.45, 7) is 2.15. The molecule has 11 heavy (non-hydrogen) atoms. The van der Waals surface area contributed by atoms with E-state index in [-0.39, 0.29) is 12.4 Å². The van der Waals surface area contributed by atoms with E-state index in [1.54, 1.807) is 12.1 Å². The summed E-state index contributed by atoms with van der Waals surface area (Å²) in [5.74, 6) is -0.252. The summed E-state index contributed by atoms with van der Waals surface area (Å²) in [6, 6.07) is 3.48. The van der Waals surface area contributed by atoms with Gasteiger partial charge in [0.1, 0.15) is 5.82 Å². The van der Waals surface area contributed by atoms with Gasteiger partial charge >= 0.3 is 0 Å². The van der Waals surface area contributed by atoms with Gasteiger partial charge in [-0.1, -0.05) is 6.07 Å². The smallest absolute Gasteiger partial charge is 0.141 e. The zero-order chi connectivity index (χ0) is 8.43. The SMILES string of the molecule is Cc1cc(Br)c(F)c(CN)c1. The van der Waals surface area contributed by atoms with Gasteiger partial charge in [-0.15, -0.1) is 0 Å². The van der Waals surface area contributed by atoms with Crippen LogP contribution in [0.4, 0.5) is 4.39 Å². The van der Waals surface area contributed by atoms with Crippen LogP contribution in [0.1, 0.15) is 11.1 Å². The third kappa shape index (κ3) is 1.79. The molecule has 3 heteroatoms. The third-order valence-electron chi connectivity index (χ3n) is 1.47. The second-order valence-electron chi connectivity index (χ2n) is 2.42. The fourth-order valence-electron chi connectivity index (χ4n) is 0.945. The van der Waals surface area contributed by atoms with Crippen LogP contribution in [0, 0.1) is 12.7 Å². The molecule has 1 aromatic rings. The molecular weight excluding hydrogens is 209 g/mol. The lowest BCUT2D eigenvalue weighted by Crippen LogP contribution is -2.00. The first-order valence-corrected chi connectivity index (χ1v) is 4.09. The molecule has 0 aliphatic heterocycles. The van der Waals surface area contributed by atoms with Crippen LogP contribution in [0.25, 0.3) is 0 Å². The molecule has 0 aliphatic carbocycles. The van der Waals surface area contributed by atoms with Gasteiger partial charge in [0.05, 0.1) is 4.47 Å². The average Bonchev–Trinajstić information content (AvgIpc) is 1.96. The van der Waals surface area contributed by atoms with Gasteiger partial charge in [0.15, 0.2) is 0 Å². The van der Waals surface area contributed by atoms with Gasteiger partial charge in [-0.05, 0) is 34.5 Å². The largest absolute Gasteiger partial charge is 0.326 e. The quantitative estimate of drug-likeness (QED) is 0.769. The summed E-state index contributed by atoms with van der Waals surface area (Å²) in [5.41, 5.74) is 6.89. The van der Waals surface area contributed by atoms with Crippen molar-refractivity contribution in [3.05, 3.63) is 33.5 Å². The van der Waals surface area contributed by atoms with Crippen molar-refractivity contribution < 1.29 is 4.39 Å². The number of hydrogen-bond acceptors (Lipinski definition) is 1. The zero-order valence-corrected chi connectivity index (χ0v) is 7.78. The Morgan fingerprint density at radius 3 is 2.73 bits per heavy atom. The summed E-state index contributed by atoms with van der Waals surface area (Å²) in [6.07, 6.45) is 0. The lowest BCUT2D eigenvalue weighted by molar-refractivity contribution is 0.603. The maximum atomic E-state index is 13.1. The number of hydrogen-bond donors (Lipinski definition) is 1. The minimum atomic E-state index is -0.252. The van der Waals surface area contributed by atoms with Crippen molar-refractivity contribution >= 4 is 15.9 Å². The molecule has 0 saturated heterocycles. The molecular formula is C8H9BrFN. The summed E-state index contributed by atoms with van der Waals surface area (Å²) in [4.78, 5) is 0. The van der Waals surface area contributed by atoms with Gasteiger partial charge in [0.25, 0.3) is 0 Å². The summed E-state index contributed by atoms with van der Waals surface area (Å²) in [7, 11) is 0. The molecule has 0 radical (unpaired) electrons. The fourth-order valence-corrected chi connectivity index (χ4v) is 1.56. The summed E-state index contributed by atoms with van der Waals surface area (Å²) >= 11 is 3.11. The zero-order valence-electron chi connectivity index (χ0n) is 6.20. The molecule has 0 atom stereocenters. The van der Waals surface area contributed by atoms with Crippen LogP contribution < -0.4 is 5.73 Å². The summed E-state index contributed by atoms with van der Waals surface area (Å²) < 4.78 is 13.5. The van der Waals surface area contributed by atoms with Gasteiger partial charge in [-0.3, -0.25) is 0 Å². The van der Waals surface area contributed by atoms with Gasteiger partial charge in [-0.2, -0.15) is 0 Å². The maximum Gasteiger partial charge on any atom is 0.141 e. The Morgan fingerprint density at radius 1 is 1.55 bits per heavy atom. The molecule has 0 fully saturated rings. The van der Waals surface area contributed by atoms with E-state index in [1.807, 2.05) is 6.92 Å². The van der Waals surface area contributed by atoms with E-state index in [2.05, 4.69) is 15.9 Å². The Hall–Kier alpha value is -0.410. The van der Waals surface area contributed by atoms with Crippen LogP contribution in [-0.2, 0) is 6.54 Å². The maximum absolute atomic E-state index is 13.1. The Kier molecular flexibility index (Phi) is 2.62. The van der Waals surface area contributed by atoms with E-state index in [9.17, 15) is 4.39 Å². The van der Waals surface area contributed by atoms with Gasteiger partial charge < -0.3 is 5.73 Å². The lowest BCUT2D eigenvalue weighted by Gasteiger charge is -2.02. The van der Waals surface area contributed by atoms with Crippen molar-refractivity contribution in [2.75, 3.05) is 0 Å². The second kappa shape index (κ2) is 3.32. The highest BCUT2D eigenvalue weighted by Crippen LogP contribution is 2.20. The first-order valence-electron chi connectivity index (χ1n) is 3.29. The molecule has 2 N–H and O–H groups in total. The standard InChI is InChI=1S/C8H9BrFN/c1-5-2-6(4-11)8(10)7(9)3-5/h2-3H,4,11H2,1H3. The predicted molar refractivity (Wildman–Crippen MR) is 46.7 cm³/mol. The number of rotatable bonds is 1. The Morgan fingerprint density at radius 2 is 2.18 bits per heavy atom. The van der Waals surface area contributed by atoms with E-state index < -0.39 is 0 Å². The van der Waals surface area contributed by atoms with E-state index in [4.69, 9.17) is 5.73 Å². The highest BCUT2D eigenvalue weighted by atomic mass is 79.9. The third-order valence-corrected chi connectivity index (χ3v) is 2.04. The van der Waals surface area contributed by atoms with Crippen LogP contribution in [0.3, 0.4) is 0 Å². The Bertz CT molecular complexity index is 273. The Balaban J connectivity index is 3.24. The molecule has 0 saturated carbocycles. The molecule has 0 bridgehead atoms. The van der Waals surface area contributed by atoms with Crippen molar-refractivity contribution in [3.8, 4) is 0 Å². The minimum absolute atomic E-state index is 0.242. The summed E-state index contributed by atoms with van der Waals surface area (Å²) in [5, 5.41) is 0. The van der Waals surface area contributed by atoms with Crippen molar-refractivity contribution in [1.82, 2.24) is 0 Å². The highest BCUT2D eigenvalue weighted by molar-refractivity contribution is 9.10. The van der Waals surface area contributed by atoms with Gasteiger partial charge in [-0.25, -0.2) is 4.39 Å². The molecule has 0 unspecified atom stereocenters. The van der Waals surface area contributed by atoms with E-state index in [0.29, 0.717) is 10.0 Å². The molecule has 0 spiro atoms. The Labute approximate surface area is 73.5 Å². The van der Waals surface area contributed by atoms with Crippen molar-refractivity contribution in [2.24, 2.45) is 5.73 Å². The first-order chi connectivity index (χ1) is 5.15. The molecule has 1 aromatic carbocycles. The number of nitrogens with two attached hydrogens (primary N) is 1. The monoisotopic (exact) mass is 217 g/mol. The molecule has 1 nitrogen and oxygen atoms in total. The van der Waals surface area contributed by atoms with E-state index in [0.717, 1.165) is 5.56 Å². The normalized spacial score (nSPS) is 10.2. The minimum Gasteiger partial charge on any atom is -0.326 e. The molecule has 0 heterocycles. The van der Waals surface area contributed by atoms with Crippen LogP contribution in [0.15, 0.2) is 16.6 Å². The highest BCUT2D eigenvalue weighted by Gasteiger charge is 2.04. The van der Waals surface area contributed by atoms with Crippen LogP contribution in [0.5, 0.6) is 0 Å². The van der Waals surface area contributed by atoms with Crippen molar-refractivity contribution in [3.63, 3.8) is 0 Å². The average molecular weight is 218 g/mol. The second-order valence-corrected chi connectivity index (χ2v) is 3.28. The van der Waals surface area contributed by atoms with E-state index >= 15 is 0 Å². The molecule has 0 aliphatic rings. The molecule has 1 rings (SSSR count).